The lowest BCUT2D eigenvalue weighted by Crippen LogP contribution is -2.59. The van der Waals surface area contributed by atoms with Crippen molar-refractivity contribution in [2.24, 2.45) is 4.99 Å². The van der Waals surface area contributed by atoms with Gasteiger partial charge in [-0.05, 0) is 37.1 Å². The van der Waals surface area contributed by atoms with E-state index in [1.54, 1.807) is 43.6 Å². The number of alkyl halides is 1. The van der Waals surface area contributed by atoms with Crippen molar-refractivity contribution >= 4 is 18.0 Å². The Hall–Kier alpha value is -3.20. The van der Waals surface area contributed by atoms with Gasteiger partial charge in [0.25, 0.3) is 0 Å². The highest BCUT2D eigenvalue weighted by Gasteiger charge is 2.41. The van der Waals surface area contributed by atoms with Crippen molar-refractivity contribution in [1.82, 2.24) is 15.5 Å². The monoisotopic (exact) mass is 438 g/mol. The molecule has 1 amide bonds. The van der Waals surface area contributed by atoms with Crippen LogP contribution in [0.3, 0.4) is 0 Å². The number of ether oxygens (including phenoxy) is 1. The molecule has 8 nitrogen and oxygen atoms in total. The molecule has 166 valence electrons. The smallest absolute Gasteiger partial charge is 0.332 e. The minimum atomic E-state index is -1.07. The fraction of sp³-hybridized carbons (Fsp3) is 0.435. The number of aliphatic imine (C=N–C) groups is 1. The minimum absolute atomic E-state index is 0.00501. The SMILES string of the molecule is C[N+]1=C(c2ccc(-c3ccc(O[C@@H]4CC5CCCC(N5)[C@H]4F)nn3)c(O)c2)N=CCC1=O. The zero-order chi connectivity index (χ0) is 22.2. The third-order valence-electron chi connectivity index (χ3n) is 6.39. The molecule has 2 bridgehead atoms. The quantitative estimate of drug-likeness (QED) is 0.711. The van der Waals surface area contributed by atoms with Crippen LogP contribution in [0.5, 0.6) is 11.6 Å². The number of halogens is 1. The summed E-state index contributed by atoms with van der Waals surface area (Å²) in [4.78, 5) is 16.2. The van der Waals surface area contributed by atoms with Gasteiger partial charge in [-0.25, -0.2) is 9.18 Å². The highest BCUT2D eigenvalue weighted by atomic mass is 19.1. The summed E-state index contributed by atoms with van der Waals surface area (Å²) in [6.07, 6.45) is 3.73. The largest absolute Gasteiger partial charge is 0.507 e. The van der Waals surface area contributed by atoms with E-state index in [1.165, 1.54) is 4.58 Å². The van der Waals surface area contributed by atoms with E-state index in [-0.39, 0.29) is 36.0 Å². The van der Waals surface area contributed by atoms with Crippen molar-refractivity contribution < 1.29 is 23.6 Å². The van der Waals surface area contributed by atoms with Crippen molar-refractivity contribution in [2.75, 3.05) is 7.05 Å². The summed E-state index contributed by atoms with van der Waals surface area (Å²) in [5.41, 5.74) is 1.57. The van der Waals surface area contributed by atoms with Crippen LogP contribution in [0.4, 0.5) is 4.39 Å². The lowest BCUT2D eigenvalue weighted by Gasteiger charge is -2.42. The normalized spacial score (nSPS) is 27.5. The van der Waals surface area contributed by atoms with Crippen LogP contribution in [-0.2, 0) is 4.79 Å². The average Bonchev–Trinajstić information content (AvgIpc) is 2.80. The number of nitrogens with zero attached hydrogens (tertiary/aromatic N) is 4. The predicted molar refractivity (Wildman–Crippen MR) is 116 cm³/mol. The van der Waals surface area contributed by atoms with Crippen molar-refractivity contribution in [2.45, 2.75) is 56.5 Å². The molecule has 2 aromatic rings. The molecule has 0 aliphatic carbocycles. The van der Waals surface area contributed by atoms with E-state index in [4.69, 9.17) is 4.74 Å². The molecule has 4 atom stereocenters. The Labute approximate surface area is 184 Å². The molecular formula is C23H25FN5O3+. The van der Waals surface area contributed by atoms with Gasteiger partial charge < -0.3 is 15.2 Å². The number of aromatic nitrogens is 2. The Morgan fingerprint density at radius 2 is 2.09 bits per heavy atom. The van der Waals surface area contributed by atoms with Gasteiger partial charge in [0, 0.05) is 30.1 Å². The molecule has 2 fully saturated rings. The van der Waals surface area contributed by atoms with Gasteiger partial charge in [-0.2, -0.15) is 4.58 Å². The van der Waals surface area contributed by atoms with E-state index in [1.807, 2.05) is 0 Å². The predicted octanol–water partition coefficient (Wildman–Crippen LogP) is 2.24. The molecule has 3 aliphatic heterocycles. The number of hydrogen-bond acceptors (Lipinski definition) is 7. The molecule has 5 rings (SSSR count). The zero-order valence-electron chi connectivity index (χ0n) is 17.7. The van der Waals surface area contributed by atoms with Crippen LogP contribution >= 0.6 is 0 Å². The number of aromatic hydroxyl groups is 1. The number of hydrogen-bond donors (Lipinski definition) is 2. The van der Waals surface area contributed by atoms with Gasteiger partial charge in [0.2, 0.25) is 5.88 Å². The number of carbonyl (C=O) groups is 1. The van der Waals surface area contributed by atoms with E-state index in [0.29, 0.717) is 29.1 Å². The number of amidine groups is 1. The molecule has 2 N–H and O–H groups in total. The second-order valence-corrected chi connectivity index (χ2v) is 8.52. The van der Waals surface area contributed by atoms with Crippen LogP contribution in [0, 0.1) is 0 Å². The van der Waals surface area contributed by atoms with Crippen LogP contribution in [0.25, 0.3) is 11.3 Å². The van der Waals surface area contributed by atoms with Crippen LogP contribution in [0.2, 0.25) is 0 Å². The summed E-state index contributed by atoms with van der Waals surface area (Å²) in [7, 11) is 1.65. The number of amides is 1. The van der Waals surface area contributed by atoms with Crippen molar-refractivity contribution in [3.8, 4) is 22.9 Å². The lowest BCUT2D eigenvalue weighted by atomic mass is 9.84. The Balaban J connectivity index is 1.32. The first-order valence-corrected chi connectivity index (χ1v) is 10.9. The van der Waals surface area contributed by atoms with Crippen molar-refractivity contribution in [3.63, 3.8) is 0 Å². The van der Waals surface area contributed by atoms with Crippen LogP contribution in [0.1, 0.15) is 37.7 Å². The second-order valence-electron chi connectivity index (χ2n) is 8.52. The number of rotatable bonds is 4. The van der Waals surface area contributed by atoms with Gasteiger partial charge in [0.15, 0.2) is 6.17 Å². The number of nitrogens with one attached hydrogen (secondary N) is 1. The van der Waals surface area contributed by atoms with E-state index in [9.17, 15) is 14.3 Å². The van der Waals surface area contributed by atoms with Gasteiger partial charge in [-0.1, -0.05) is 11.4 Å². The molecule has 2 saturated heterocycles. The van der Waals surface area contributed by atoms with Crippen molar-refractivity contribution in [1.29, 1.82) is 0 Å². The third kappa shape index (κ3) is 3.88. The highest BCUT2D eigenvalue weighted by Crippen LogP contribution is 2.32. The Kier molecular flexibility index (Phi) is 5.42. The molecule has 4 heterocycles. The molecule has 32 heavy (non-hydrogen) atoms. The molecule has 0 saturated carbocycles. The standard InChI is InChI=1S/C23H24FN5O3/c1-29-21(31)9-10-25-23(29)13-5-6-15(18(30)11-13)16-7-8-20(28-27-16)32-19-12-14-3-2-4-17(26-14)22(19)24/h5-8,10-11,14,17,19,22,26H,2-4,9,12H2,1H3/p+1/t14?,17?,19-,22-/m1/s1. The molecule has 1 aromatic heterocycles. The molecular weight excluding hydrogens is 413 g/mol. The van der Waals surface area contributed by atoms with Gasteiger partial charge in [-0.3, -0.25) is 0 Å². The number of benzene rings is 1. The molecule has 9 heteroatoms. The van der Waals surface area contributed by atoms with Crippen LogP contribution in [-0.4, -0.2) is 69.2 Å². The first-order chi connectivity index (χ1) is 15.5. The summed E-state index contributed by atoms with van der Waals surface area (Å²) in [6, 6.07) is 8.48. The summed E-state index contributed by atoms with van der Waals surface area (Å²) in [6.45, 7) is 0. The summed E-state index contributed by atoms with van der Waals surface area (Å²) in [5, 5.41) is 22.2. The maximum Gasteiger partial charge on any atom is 0.332 e. The topological polar surface area (TPSA) is 99.7 Å². The zero-order valence-corrected chi connectivity index (χ0v) is 17.7. The fourth-order valence-electron chi connectivity index (χ4n) is 4.66. The average molecular weight is 438 g/mol. The molecule has 1 aromatic carbocycles. The Morgan fingerprint density at radius 1 is 1.22 bits per heavy atom. The molecule has 0 spiro atoms. The number of piperidine rings is 2. The fourth-order valence-corrected chi connectivity index (χ4v) is 4.66. The minimum Gasteiger partial charge on any atom is -0.507 e. The van der Waals surface area contributed by atoms with Crippen LogP contribution in [0.15, 0.2) is 35.3 Å². The Morgan fingerprint density at radius 3 is 2.88 bits per heavy atom. The van der Waals surface area contributed by atoms with E-state index in [0.717, 1.165) is 19.3 Å². The molecule has 3 aliphatic rings. The molecule has 0 radical (unpaired) electrons. The van der Waals surface area contributed by atoms with Gasteiger partial charge >= 0.3 is 11.7 Å². The van der Waals surface area contributed by atoms with Gasteiger partial charge in [-0.15, -0.1) is 10.2 Å². The molecule has 2 unspecified atom stereocenters. The lowest BCUT2D eigenvalue weighted by molar-refractivity contribution is -0.418. The Bertz CT molecular complexity index is 1100. The van der Waals surface area contributed by atoms with Gasteiger partial charge in [0.1, 0.15) is 24.5 Å². The maximum absolute atomic E-state index is 14.7. The van der Waals surface area contributed by atoms with E-state index < -0.39 is 12.3 Å². The summed E-state index contributed by atoms with van der Waals surface area (Å²) >= 11 is 0. The number of fused-ring (bicyclic) bond motifs is 2. The third-order valence-corrected chi connectivity index (χ3v) is 6.39. The summed E-state index contributed by atoms with van der Waals surface area (Å²) < 4.78 is 22.0. The van der Waals surface area contributed by atoms with Crippen LogP contribution < -0.4 is 10.1 Å². The van der Waals surface area contributed by atoms with Gasteiger partial charge in [0.05, 0.1) is 18.3 Å². The second kappa shape index (κ2) is 8.38. The first-order valence-electron chi connectivity index (χ1n) is 10.9. The van der Waals surface area contributed by atoms with E-state index in [2.05, 4.69) is 20.5 Å². The van der Waals surface area contributed by atoms with E-state index >= 15 is 0 Å². The maximum atomic E-state index is 14.7. The number of phenols is 1. The first kappa shape index (κ1) is 20.7. The number of phenolic OH excluding ortho intramolecular Hbond substituents is 1. The van der Waals surface area contributed by atoms with Crippen molar-refractivity contribution in [3.05, 3.63) is 35.9 Å². The number of carbonyl (C=O) groups excluding carboxylic acids is 1. The highest BCUT2D eigenvalue weighted by molar-refractivity contribution is 6.07. The summed E-state index contributed by atoms with van der Waals surface area (Å²) in [5.74, 6) is 0.678.